The lowest BCUT2D eigenvalue weighted by atomic mass is 10.3. The minimum Gasteiger partial charge on any atom is -0.352 e. The molecule has 0 aliphatic carbocycles. The smallest absolute Gasteiger partial charge is 0.253 e. The second kappa shape index (κ2) is 6.62. The highest BCUT2D eigenvalue weighted by Crippen LogP contribution is 2.31. The van der Waals surface area contributed by atoms with E-state index in [2.05, 4.69) is 42.5 Å². The topological polar surface area (TPSA) is 41.1 Å². The molecule has 0 unspecified atom stereocenters. The minimum absolute atomic E-state index is 0.0278. The number of carbonyl (C=O) groups excluding carboxylic acids is 1. The van der Waals surface area contributed by atoms with Crippen molar-refractivity contribution in [1.29, 1.82) is 0 Å². The molecule has 1 heterocycles. The van der Waals surface area contributed by atoms with Gasteiger partial charge in [0.05, 0.1) is 13.1 Å². The molecule has 0 atom stereocenters. The van der Waals surface area contributed by atoms with E-state index in [1.165, 1.54) is 11.3 Å². The van der Waals surface area contributed by atoms with Gasteiger partial charge in [-0.05, 0) is 57.9 Å². The van der Waals surface area contributed by atoms with Gasteiger partial charge in [-0.25, -0.2) is 0 Å². The summed E-state index contributed by atoms with van der Waals surface area (Å²) in [5, 5.41) is 5.90. The van der Waals surface area contributed by atoms with Crippen LogP contribution in [0.25, 0.3) is 0 Å². The number of carbonyl (C=O) groups is 1. The molecule has 1 rings (SSSR count). The Bertz CT molecular complexity index is 341. The Morgan fingerprint density at radius 3 is 2.73 bits per heavy atom. The van der Waals surface area contributed by atoms with Crippen molar-refractivity contribution in [1.82, 2.24) is 10.6 Å². The first kappa shape index (κ1) is 13.2. The summed E-state index contributed by atoms with van der Waals surface area (Å²) in [5.74, 6) is -0.0278. The van der Waals surface area contributed by atoms with E-state index >= 15 is 0 Å². The number of nitrogens with one attached hydrogen (secondary N) is 2. The molecular formula is C9H12Br2N2OS. The summed E-state index contributed by atoms with van der Waals surface area (Å²) in [4.78, 5) is 11.7. The SMILES string of the molecule is CNCCCNC(=O)c1cc(Br)sc1Br. The fraction of sp³-hybridized carbons (Fsp3) is 0.444. The molecule has 0 aliphatic rings. The van der Waals surface area contributed by atoms with Crippen LogP contribution in [0.3, 0.4) is 0 Å². The maximum Gasteiger partial charge on any atom is 0.253 e. The number of rotatable bonds is 5. The number of amides is 1. The first-order valence-electron chi connectivity index (χ1n) is 4.52. The summed E-state index contributed by atoms with van der Waals surface area (Å²) in [5.41, 5.74) is 0.691. The molecule has 1 amide bonds. The molecule has 0 bridgehead atoms. The molecule has 84 valence electrons. The van der Waals surface area contributed by atoms with Gasteiger partial charge in [-0.15, -0.1) is 11.3 Å². The highest BCUT2D eigenvalue weighted by Gasteiger charge is 2.12. The standard InChI is InChI=1S/C9H12Br2N2OS/c1-12-3-2-4-13-9(14)6-5-7(10)15-8(6)11/h5,12H,2-4H2,1H3,(H,13,14). The number of halogens is 2. The van der Waals surface area contributed by atoms with E-state index in [1.807, 2.05) is 13.1 Å². The van der Waals surface area contributed by atoms with E-state index in [9.17, 15) is 4.79 Å². The van der Waals surface area contributed by atoms with Gasteiger partial charge in [-0.2, -0.15) is 0 Å². The lowest BCUT2D eigenvalue weighted by Crippen LogP contribution is -2.26. The number of hydrogen-bond acceptors (Lipinski definition) is 3. The van der Waals surface area contributed by atoms with Crippen LogP contribution < -0.4 is 10.6 Å². The lowest BCUT2D eigenvalue weighted by Gasteiger charge is -2.03. The Labute approximate surface area is 110 Å². The molecule has 3 nitrogen and oxygen atoms in total. The van der Waals surface area contributed by atoms with Crippen molar-refractivity contribution in [3.8, 4) is 0 Å². The van der Waals surface area contributed by atoms with E-state index < -0.39 is 0 Å². The van der Waals surface area contributed by atoms with Crippen LogP contribution in [0.15, 0.2) is 13.6 Å². The van der Waals surface area contributed by atoms with Crippen molar-refractivity contribution >= 4 is 49.1 Å². The van der Waals surface area contributed by atoms with Gasteiger partial charge in [0.1, 0.15) is 0 Å². The number of hydrogen-bond donors (Lipinski definition) is 2. The molecule has 0 spiro atoms. The van der Waals surface area contributed by atoms with Crippen molar-refractivity contribution in [2.24, 2.45) is 0 Å². The molecule has 0 saturated carbocycles. The highest BCUT2D eigenvalue weighted by atomic mass is 79.9. The predicted octanol–water partition coefficient (Wildman–Crippen LogP) is 2.61. The van der Waals surface area contributed by atoms with Gasteiger partial charge in [-0.1, -0.05) is 0 Å². The van der Waals surface area contributed by atoms with Gasteiger partial charge < -0.3 is 10.6 Å². The average Bonchev–Trinajstić information content (AvgIpc) is 2.52. The van der Waals surface area contributed by atoms with Crippen LogP contribution in [0.1, 0.15) is 16.8 Å². The van der Waals surface area contributed by atoms with Crippen LogP contribution in [-0.4, -0.2) is 26.0 Å². The van der Waals surface area contributed by atoms with Gasteiger partial charge >= 0.3 is 0 Å². The van der Waals surface area contributed by atoms with E-state index in [-0.39, 0.29) is 5.91 Å². The Hall–Kier alpha value is 0.0900. The summed E-state index contributed by atoms with van der Waals surface area (Å²) in [6, 6.07) is 1.82. The molecule has 0 fully saturated rings. The quantitative estimate of drug-likeness (QED) is 0.797. The third-order valence-electron chi connectivity index (χ3n) is 1.79. The average molecular weight is 356 g/mol. The van der Waals surface area contributed by atoms with E-state index in [0.29, 0.717) is 12.1 Å². The molecule has 1 aromatic heterocycles. The van der Waals surface area contributed by atoms with Crippen LogP contribution in [-0.2, 0) is 0 Å². The zero-order chi connectivity index (χ0) is 11.3. The molecular weight excluding hydrogens is 344 g/mol. The molecule has 15 heavy (non-hydrogen) atoms. The Balaban J connectivity index is 2.43. The van der Waals surface area contributed by atoms with Crippen LogP contribution in [0.5, 0.6) is 0 Å². The molecule has 0 saturated heterocycles. The van der Waals surface area contributed by atoms with E-state index in [4.69, 9.17) is 0 Å². The van der Waals surface area contributed by atoms with Gasteiger partial charge in [0.25, 0.3) is 5.91 Å². The van der Waals surface area contributed by atoms with Crippen molar-refractivity contribution in [3.05, 3.63) is 19.2 Å². The monoisotopic (exact) mass is 354 g/mol. The van der Waals surface area contributed by atoms with Gasteiger partial charge in [0.2, 0.25) is 0 Å². The normalized spacial score (nSPS) is 10.3. The molecule has 1 aromatic rings. The van der Waals surface area contributed by atoms with Crippen LogP contribution in [0, 0.1) is 0 Å². The second-order valence-electron chi connectivity index (χ2n) is 2.95. The maximum absolute atomic E-state index is 11.7. The Morgan fingerprint density at radius 2 is 2.20 bits per heavy atom. The summed E-state index contributed by atoms with van der Waals surface area (Å²) in [7, 11) is 1.90. The summed E-state index contributed by atoms with van der Waals surface area (Å²) in [6.07, 6.45) is 0.936. The van der Waals surface area contributed by atoms with E-state index in [0.717, 1.165) is 20.5 Å². The summed E-state index contributed by atoms with van der Waals surface area (Å²) in [6.45, 7) is 1.61. The molecule has 0 radical (unpaired) electrons. The fourth-order valence-electron chi connectivity index (χ4n) is 1.06. The van der Waals surface area contributed by atoms with Crippen molar-refractivity contribution in [2.75, 3.05) is 20.1 Å². The highest BCUT2D eigenvalue weighted by molar-refractivity contribution is 9.12. The molecule has 6 heteroatoms. The Morgan fingerprint density at radius 1 is 1.47 bits per heavy atom. The van der Waals surface area contributed by atoms with Crippen molar-refractivity contribution in [3.63, 3.8) is 0 Å². The minimum atomic E-state index is -0.0278. The third-order valence-corrected chi connectivity index (χ3v) is 4.13. The van der Waals surface area contributed by atoms with Crippen molar-refractivity contribution in [2.45, 2.75) is 6.42 Å². The molecule has 0 aromatic carbocycles. The largest absolute Gasteiger partial charge is 0.352 e. The van der Waals surface area contributed by atoms with Gasteiger partial charge in [0.15, 0.2) is 0 Å². The fourth-order valence-corrected chi connectivity index (χ4v) is 3.85. The van der Waals surface area contributed by atoms with Gasteiger partial charge in [-0.3, -0.25) is 4.79 Å². The first-order chi connectivity index (χ1) is 7.15. The molecule has 0 aliphatic heterocycles. The van der Waals surface area contributed by atoms with Crippen LogP contribution in [0.4, 0.5) is 0 Å². The maximum atomic E-state index is 11.7. The number of thiophene rings is 1. The van der Waals surface area contributed by atoms with Gasteiger partial charge in [0, 0.05) is 6.54 Å². The predicted molar refractivity (Wildman–Crippen MR) is 70.6 cm³/mol. The second-order valence-corrected chi connectivity index (χ2v) is 6.70. The summed E-state index contributed by atoms with van der Waals surface area (Å²) >= 11 is 8.20. The lowest BCUT2D eigenvalue weighted by molar-refractivity contribution is 0.0953. The first-order valence-corrected chi connectivity index (χ1v) is 6.93. The zero-order valence-corrected chi connectivity index (χ0v) is 12.3. The molecule has 2 N–H and O–H groups in total. The van der Waals surface area contributed by atoms with Crippen LogP contribution >= 0.6 is 43.2 Å². The summed E-state index contributed by atoms with van der Waals surface area (Å²) < 4.78 is 1.82. The zero-order valence-electron chi connectivity index (χ0n) is 8.27. The van der Waals surface area contributed by atoms with Crippen molar-refractivity contribution < 1.29 is 4.79 Å². The van der Waals surface area contributed by atoms with E-state index in [1.54, 1.807) is 0 Å². The Kier molecular flexibility index (Phi) is 5.81. The van der Waals surface area contributed by atoms with Crippen LogP contribution in [0.2, 0.25) is 0 Å². The third kappa shape index (κ3) is 4.22.